The highest BCUT2D eigenvalue weighted by Gasteiger charge is 2.33. The van der Waals surface area contributed by atoms with Crippen molar-refractivity contribution in [1.29, 1.82) is 0 Å². The number of rotatable bonds is 3. The fraction of sp³-hybridized carbons (Fsp3) is 0.529. The van der Waals surface area contributed by atoms with Crippen molar-refractivity contribution in [3.8, 4) is 0 Å². The van der Waals surface area contributed by atoms with Crippen LogP contribution in [0, 0.1) is 5.92 Å². The molecule has 0 aromatic heterocycles. The molecule has 1 fully saturated rings. The van der Waals surface area contributed by atoms with E-state index in [4.69, 9.17) is 11.6 Å². The Hall–Kier alpha value is -1.60. The number of fused-ring (bicyclic) bond motifs is 3. The minimum atomic E-state index is -3.83. The Bertz CT molecular complexity index is 834. The zero-order valence-corrected chi connectivity index (χ0v) is 16.0. The minimum absolute atomic E-state index is 0.0530. The molecule has 2 heterocycles. The van der Waals surface area contributed by atoms with Gasteiger partial charge in [0.25, 0.3) is 15.9 Å². The van der Waals surface area contributed by atoms with Crippen LogP contribution in [0.2, 0.25) is 5.02 Å². The molecule has 136 valence electrons. The summed E-state index contributed by atoms with van der Waals surface area (Å²) in [4.78, 5) is 14.3. The Labute approximate surface area is 153 Å². The Morgan fingerprint density at radius 1 is 1.32 bits per heavy atom. The minimum Gasteiger partial charge on any atom is -0.352 e. The van der Waals surface area contributed by atoms with E-state index in [-0.39, 0.29) is 27.3 Å². The number of hydrogen-bond acceptors (Lipinski definition) is 4. The summed E-state index contributed by atoms with van der Waals surface area (Å²) in [6.07, 6.45) is 3.55. The second-order valence-corrected chi connectivity index (χ2v) is 8.83. The van der Waals surface area contributed by atoms with Gasteiger partial charge in [-0.2, -0.15) is 8.42 Å². The van der Waals surface area contributed by atoms with Crippen LogP contribution < -0.4 is 10.2 Å². The zero-order chi connectivity index (χ0) is 18.2. The Balaban J connectivity index is 2.04. The molecule has 3 rings (SSSR count). The fourth-order valence-electron chi connectivity index (χ4n) is 3.06. The van der Waals surface area contributed by atoms with Crippen LogP contribution in [0.4, 0.5) is 5.69 Å². The van der Waals surface area contributed by atoms with Crippen molar-refractivity contribution in [3.05, 3.63) is 22.7 Å². The van der Waals surface area contributed by atoms with Gasteiger partial charge in [0.1, 0.15) is 10.7 Å². The maximum Gasteiger partial charge on any atom is 0.286 e. The number of hydrogen-bond donors (Lipinski definition) is 1. The third-order valence-corrected chi connectivity index (χ3v) is 6.00. The van der Waals surface area contributed by atoms with E-state index in [1.54, 1.807) is 6.07 Å². The zero-order valence-electron chi connectivity index (χ0n) is 14.4. The standard InChI is InChI=1S/C17H22ClN3O3S/c1-11(2)10-19-17(22)12-8-15-14(9-13(12)18)21-7-5-3-4-6-16(21)20-25(15,23)24/h8-9,11H,3-7,10H2,1-2H3,(H,19,22). The number of halogens is 1. The molecule has 2 aliphatic heterocycles. The van der Waals surface area contributed by atoms with E-state index >= 15 is 0 Å². The fourth-order valence-corrected chi connectivity index (χ4v) is 4.57. The van der Waals surface area contributed by atoms with Gasteiger partial charge in [-0.3, -0.25) is 4.79 Å². The van der Waals surface area contributed by atoms with Gasteiger partial charge < -0.3 is 10.2 Å². The highest BCUT2D eigenvalue weighted by molar-refractivity contribution is 7.90. The van der Waals surface area contributed by atoms with Crippen molar-refractivity contribution >= 4 is 39.1 Å². The van der Waals surface area contributed by atoms with Crippen LogP contribution in [-0.2, 0) is 10.0 Å². The van der Waals surface area contributed by atoms with Crippen molar-refractivity contribution in [1.82, 2.24) is 5.32 Å². The molecule has 2 aliphatic rings. The van der Waals surface area contributed by atoms with Gasteiger partial charge in [0.15, 0.2) is 0 Å². The van der Waals surface area contributed by atoms with Gasteiger partial charge in [-0.1, -0.05) is 31.9 Å². The normalized spacial score (nSPS) is 18.9. The molecule has 0 radical (unpaired) electrons. The van der Waals surface area contributed by atoms with Gasteiger partial charge in [0, 0.05) is 19.5 Å². The first kappa shape index (κ1) is 18.2. The lowest BCUT2D eigenvalue weighted by Crippen LogP contribution is -2.35. The van der Waals surface area contributed by atoms with Crippen LogP contribution in [0.5, 0.6) is 0 Å². The molecule has 1 saturated heterocycles. The molecule has 1 aromatic carbocycles. The molecule has 1 aromatic rings. The number of sulfonamides is 1. The molecular weight excluding hydrogens is 362 g/mol. The molecule has 0 bridgehead atoms. The molecule has 25 heavy (non-hydrogen) atoms. The molecule has 0 saturated carbocycles. The monoisotopic (exact) mass is 383 g/mol. The van der Waals surface area contributed by atoms with Gasteiger partial charge in [-0.15, -0.1) is 4.40 Å². The summed E-state index contributed by atoms with van der Waals surface area (Å²) in [6, 6.07) is 2.94. The van der Waals surface area contributed by atoms with E-state index < -0.39 is 10.0 Å². The van der Waals surface area contributed by atoms with Crippen LogP contribution in [-0.4, -0.2) is 33.3 Å². The van der Waals surface area contributed by atoms with Crippen molar-refractivity contribution < 1.29 is 13.2 Å². The molecular formula is C17H22ClN3O3S. The lowest BCUT2D eigenvalue weighted by Gasteiger charge is -2.30. The topological polar surface area (TPSA) is 78.8 Å². The van der Waals surface area contributed by atoms with Gasteiger partial charge in [-0.25, -0.2) is 0 Å². The summed E-state index contributed by atoms with van der Waals surface area (Å²) >= 11 is 6.31. The Morgan fingerprint density at radius 3 is 2.80 bits per heavy atom. The van der Waals surface area contributed by atoms with Crippen molar-refractivity contribution in [3.63, 3.8) is 0 Å². The molecule has 1 N–H and O–H groups in total. The third-order valence-electron chi connectivity index (χ3n) is 4.35. The van der Waals surface area contributed by atoms with E-state index in [1.807, 2.05) is 18.7 Å². The number of carbonyl (C=O) groups excluding carboxylic acids is 1. The quantitative estimate of drug-likeness (QED) is 0.869. The highest BCUT2D eigenvalue weighted by atomic mass is 35.5. The van der Waals surface area contributed by atoms with Crippen LogP contribution in [0.25, 0.3) is 0 Å². The number of amides is 1. The third kappa shape index (κ3) is 3.67. The first-order valence-electron chi connectivity index (χ1n) is 8.52. The maximum atomic E-state index is 12.6. The molecule has 1 amide bonds. The number of anilines is 1. The van der Waals surface area contributed by atoms with Crippen LogP contribution >= 0.6 is 11.6 Å². The number of benzene rings is 1. The summed E-state index contributed by atoms with van der Waals surface area (Å²) in [7, 11) is -3.83. The average Bonchev–Trinajstić information content (AvgIpc) is 2.76. The predicted molar refractivity (Wildman–Crippen MR) is 99.1 cm³/mol. The Kier molecular flexibility index (Phi) is 5.06. The summed E-state index contributed by atoms with van der Waals surface area (Å²) in [5, 5.41) is 3.02. The van der Waals surface area contributed by atoms with E-state index in [0.717, 1.165) is 19.3 Å². The average molecular weight is 384 g/mol. The highest BCUT2D eigenvalue weighted by Crippen LogP contribution is 2.37. The first-order valence-corrected chi connectivity index (χ1v) is 10.3. The van der Waals surface area contributed by atoms with E-state index in [9.17, 15) is 13.2 Å². The smallest absolute Gasteiger partial charge is 0.286 e. The number of carbonyl (C=O) groups is 1. The van der Waals surface area contributed by atoms with Crippen LogP contribution in [0.15, 0.2) is 21.4 Å². The number of amidine groups is 1. The summed E-state index contributed by atoms with van der Waals surface area (Å²) < 4.78 is 29.2. The molecule has 0 spiro atoms. The van der Waals surface area contributed by atoms with E-state index in [1.165, 1.54) is 6.07 Å². The molecule has 0 unspecified atom stereocenters. The largest absolute Gasteiger partial charge is 0.352 e. The summed E-state index contributed by atoms with van der Waals surface area (Å²) in [6.45, 7) is 5.16. The van der Waals surface area contributed by atoms with Gasteiger partial charge in [-0.05, 0) is 30.9 Å². The van der Waals surface area contributed by atoms with Crippen molar-refractivity contribution in [2.45, 2.75) is 44.4 Å². The second kappa shape index (κ2) is 6.96. The summed E-state index contributed by atoms with van der Waals surface area (Å²) in [5.41, 5.74) is 0.690. The summed E-state index contributed by atoms with van der Waals surface area (Å²) in [5.74, 6) is 0.480. The lowest BCUT2D eigenvalue weighted by molar-refractivity contribution is 0.0949. The van der Waals surface area contributed by atoms with Crippen molar-refractivity contribution in [2.24, 2.45) is 10.3 Å². The lowest BCUT2D eigenvalue weighted by atomic mass is 10.1. The predicted octanol–water partition coefficient (Wildman–Crippen LogP) is 3.21. The molecule has 6 nitrogen and oxygen atoms in total. The maximum absolute atomic E-state index is 12.6. The molecule has 8 heteroatoms. The SMILES string of the molecule is CC(C)CNC(=O)c1cc2c(cc1Cl)N1CCCCCC1=NS2(=O)=O. The van der Waals surface area contributed by atoms with Gasteiger partial charge >= 0.3 is 0 Å². The molecule has 0 aliphatic carbocycles. The van der Waals surface area contributed by atoms with Crippen molar-refractivity contribution in [2.75, 3.05) is 18.0 Å². The van der Waals surface area contributed by atoms with E-state index in [2.05, 4.69) is 9.71 Å². The molecule has 0 atom stereocenters. The second-order valence-electron chi connectivity index (χ2n) is 6.85. The van der Waals surface area contributed by atoms with Crippen LogP contribution in [0.3, 0.4) is 0 Å². The van der Waals surface area contributed by atoms with Crippen LogP contribution in [0.1, 0.15) is 49.9 Å². The first-order chi connectivity index (χ1) is 11.8. The Morgan fingerprint density at radius 2 is 2.08 bits per heavy atom. The van der Waals surface area contributed by atoms with Gasteiger partial charge in [0.05, 0.1) is 16.3 Å². The number of nitrogens with zero attached hydrogens (tertiary/aromatic N) is 2. The number of nitrogens with one attached hydrogen (secondary N) is 1. The van der Waals surface area contributed by atoms with E-state index in [0.29, 0.717) is 31.0 Å². The van der Waals surface area contributed by atoms with Gasteiger partial charge in [0.2, 0.25) is 0 Å².